The molecule has 0 aliphatic heterocycles. The number of benzene rings is 2. The van der Waals surface area contributed by atoms with Crippen LogP contribution in [0.4, 0.5) is 5.69 Å². The third-order valence-corrected chi connectivity index (χ3v) is 4.55. The molecule has 23 heavy (non-hydrogen) atoms. The molecule has 2 aromatic carbocycles. The van der Waals surface area contributed by atoms with E-state index in [2.05, 4.69) is 47.7 Å². The zero-order valence-corrected chi connectivity index (χ0v) is 16.8. The number of aromatic hydroxyl groups is 1. The predicted octanol–water partition coefficient (Wildman–Crippen LogP) is 5.54. The number of hydrazone groups is 1. The summed E-state index contributed by atoms with van der Waals surface area (Å²) in [5.74, 6) is 0.129. The maximum atomic E-state index is 9.65. The summed E-state index contributed by atoms with van der Waals surface area (Å²) in [6, 6.07) is 8.47. The van der Waals surface area contributed by atoms with E-state index in [1.807, 2.05) is 0 Å². The second-order valence-corrected chi connectivity index (χ2v) is 7.24. The second-order valence-electron chi connectivity index (χ2n) is 4.28. The Balaban J connectivity index is 1.99. The molecule has 0 atom stereocenters. The van der Waals surface area contributed by atoms with E-state index in [9.17, 15) is 5.11 Å². The highest BCUT2D eigenvalue weighted by molar-refractivity contribution is 9.11. The monoisotopic (exact) mass is 495 g/mol. The smallest absolute Gasteiger partial charge is 0.191 e. The van der Waals surface area contributed by atoms with Gasteiger partial charge in [-0.05, 0) is 80.0 Å². The van der Waals surface area contributed by atoms with Crippen LogP contribution >= 0.6 is 67.3 Å². The minimum atomic E-state index is 0.129. The lowest BCUT2D eigenvalue weighted by Crippen LogP contribution is -2.24. The molecule has 0 spiro atoms. The van der Waals surface area contributed by atoms with Crippen molar-refractivity contribution in [3.05, 3.63) is 54.9 Å². The van der Waals surface area contributed by atoms with Crippen molar-refractivity contribution in [1.82, 2.24) is 5.43 Å². The van der Waals surface area contributed by atoms with Gasteiger partial charge in [0.15, 0.2) is 5.11 Å². The molecule has 0 aliphatic rings. The molecular weight excluding hydrogens is 489 g/mol. The summed E-state index contributed by atoms with van der Waals surface area (Å²) in [5, 5.41) is 17.9. The number of phenols is 1. The average molecular weight is 498 g/mol. The van der Waals surface area contributed by atoms with Crippen LogP contribution in [0.5, 0.6) is 5.75 Å². The highest BCUT2D eigenvalue weighted by Gasteiger charge is 2.05. The maximum absolute atomic E-state index is 9.65. The molecule has 0 aliphatic carbocycles. The third kappa shape index (κ3) is 5.32. The molecule has 0 aromatic heterocycles. The van der Waals surface area contributed by atoms with Gasteiger partial charge in [0.1, 0.15) is 5.75 Å². The van der Waals surface area contributed by atoms with Gasteiger partial charge in [-0.2, -0.15) is 5.10 Å². The van der Waals surface area contributed by atoms with E-state index in [1.54, 1.807) is 36.5 Å². The SMILES string of the molecule is Oc1c(Br)cc(C=NNC(=S)Nc2ccc(Cl)cc2Cl)cc1Br. The minimum Gasteiger partial charge on any atom is -0.506 e. The lowest BCUT2D eigenvalue weighted by Gasteiger charge is -2.09. The van der Waals surface area contributed by atoms with Gasteiger partial charge in [0.25, 0.3) is 0 Å². The van der Waals surface area contributed by atoms with Gasteiger partial charge in [0, 0.05) is 5.02 Å². The minimum absolute atomic E-state index is 0.129. The van der Waals surface area contributed by atoms with Crippen molar-refractivity contribution < 1.29 is 5.11 Å². The average Bonchev–Trinajstić information content (AvgIpc) is 2.47. The van der Waals surface area contributed by atoms with Crippen LogP contribution in [0.25, 0.3) is 0 Å². The maximum Gasteiger partial charge on any atom is 0.191 e. The van der Waals surface area contributed by atoms with E-state index in [0.717, 1.165) is 5.56 Å². The molecular formula is C14H9Br2Cl2N3OS. The van der Waals surface area contributed by atoms with Gasteiger partial charge in [-0.25, -0.2) is 0 Å². The van der Waals surface area contributed by atoms with Crippen LogP contribution in [0.15, 0.2) is 44.4 Å². The number of anilines is 1. The van der Waals surface area contributed by atoms with Crippen molar-refractivity contribution in [2.45, 2.75) is 0 Å². The number of halogens is 4. The summed E-state index contributed by atoms with van der Waals surface area (Å²) in [5.41, 5.74) is 4.07. The number of hydrogen-bond donors (Lipinski definition) is 3. The lowest BCUT2D eigenvalue weighted by atomic mass is 10.2. The molecule has 0 saturated carbocycles. The van der Waals surface area contributed by atoms with Crippen LogP contribution in [-0.2, 0) is 0 Å². The fourth-order valence-electron chi connectivity index (χ4n) is 1.57. The number of nitrogens with one attached hydrogen (secondary N) is 2. The summed E-state index contributed by atoms with van der Waals surface area (Å²) in [7, 11) is 0. The number of hydrogen-bond acceptors (Lipinski definition) is 3. The van der Waals surface area contributed by atoms with Gasteiger partial charge in [0.05, 0.1) is 25.9 Å². The van der Waals surface area contributed by atoms with Crippen molar-refractivity contribution >= 4 is 84.3 Å². The molecule has 2 rings (SSSR count). The largest absolute Gasteiger partial charge is 0.506 e. The van der Waals surface area contributed by atoms with Crippen molar-refractivity contribution in [3.63, 3.8) is 0 Å². The van der Waals surface area contributed by atoms with Gasteiger partial charge in [0.2, 0.25) is 0 Å². The number of phenolic OH excluding ortho intramolecular Hbond substituents is 1. The summed E-state index contributed by atoms with van der Waals surface area (Å²) in [6.45, 7) is 0. The Bertz CT molecular complexity index is 764. The Morgan fingerprint density at radius 1 is 1.17 bits per heavy atom. The van der Waals surface area contributed by atoms with E-state index in [-0.39, 0.29) is 10.9 Å². The fourth-order valence-corrected chi connectivity index (χ4v) is 3.41. The van der Waals surface area contributed by atoms with Crippen molar-refractivity contribution in [2.24, 2.45) is 5.10 Å². The molecule has 0 heterocycles. The summed E-state index contributed by atoms with van der Waals surface area (Å²) < 4.78 is 1.11. The Hall–Kier alpha value is -0.860. The number of thiocarbonyl (C=S) groups is 1. The molecule has 3 N–H and O–H groups in total. The third-order valence-electron chi connectivity index (χ3n) is 2.60. The number of rotatable bonds is 3. The van der Waals surface area contributed by atoms with Crippen LogP contribution < -0.4 is 10.7 Å². The van der Waals surface area contributed by atoms with Crippen molar-refractivity contribution in [2.75, 3.05) is 5.32 Å². The van der Waals surface area contributed by atoms with Crippen LogP contribution in [0, 0.1) is 0 Å². The van der Waals surface area contributed by atoms with Gasteiger partial charge < -0.3 is 10.4 Å². The van der Waals surface area contributed by atoms with E-state index >= 15 is 0 Å². The summed E-state index contributed by atoms with van der Waals surface area (Å²) in [6.07, 6.45) is 1.56. The quantitative estimate of drug-likeness (QED) is 0.296. The highest BCUT2D eigenvalue weighted by atomic mass is 79.9. The molecule has 0 fully saturated rings. The molecule has 120 valence electrons. The molecule has 0 bridgehead atoms. The molecule has 9 heteroatoms. The molecule has 4 nitrogen and oxygen atoms in total. The van der Waals surface area contributed by atoms with E-state index < -0.39 is 0 Å². The number of nitrogens with zero attached hydrogens (tertiary/aromatic N) is 1. The van der Waals surface area contributed by atoms with Gasteiger partial charge in [-0.1, -0.05) is 23.2 Å². The molecule has 0 saturated heterocycles. The summed E-state index contributed by atoms with van der Waals surface area (Å²) >= 11 is 23.5. The first-order chi connectivity index (χ1) is 10.9. The molecule has 0 amide bonds. The normalized spacial score (nSPS) is 10.8. The standard InChI is InChI=1S/C14H9Br2Cl2N3OS/c15-9-3-7(4-10(16)13(9)22)6-19-21-14(23)20-12-2-1-8(17)5-11(12)18/h1-6,22H,(H2,20,21,23). The first-order valence-corrected chi connectivity index (χ1v) is 8.85. The first kappa shape index (κ1) is 18.5. The Morgan fingerprint density at radius 2 is 1.83 bits per heavy atom. The Kier molecular flexibility index (Phi) is 6.67. The van der Waals surface area contributed by atoms with Crippen LogP contribution in [0.3, 0.4) is 0 Å². The van der Waals surface area contributed by atoms with Gasteiger partial charge in [-0.15, -0.1) is 0 Å². The van der Waals surface area contributed by atoms with Crippen molar-refractivity contribution in [1.29, 1.82) is 0 Å². The van der Waals surface area contributed by atoms with E-state index in [0.29, 0.717) is 24.7 Å². The van der Waals surface area contributed by atoms with E-state index in [4.69, 9.17) is 35.4 Å². The second kappa shape index (κ2) is 8.30. The van der Waals surface area contributed by atoms with Crippen molar-refractivity contribution in [3.8, 4) is 5.75 Å². The molecule has 0 radical (unpaired) electrons. The predicted molar refractivity (Wildman–Crippen MR) is 107 cm³/mol. The Labute approximate surface area is 165 Å². The first-order valence-electron chi connectivity index (χ1n) is 6.10. The molecule has 0 unspecified atom stereocenters. The zero-order chi connectivity index (χ0) is 17.0. The summed E-state index contributed by atoms with van der Waals surface area (Å²) in [4.78, 5) is 0. The Morgan fingerprint density at radius 3 is 2.43 bits per heavy atom. The van der Waals surface area contributed by atoms with Gasteiger partial charge in [-0.3, -0.25) is 5.43 Å². The topological polar surface area (TPSA) is 56.7 Å². The van der Waals surface area contributed by atoms with Crippen LogP contribution in [0.2, 0.25) is 10.0 Å². The van der Waals surface area contributed by atoms with Crippen LogP contribution in [0.1, 0.15) is 5.56 Å². The lowest BCUT2D eigenvalue weighted by molar-refractivity contribution is 0.468. The zero-order valence-electron chi connectivity index (χ0n) is 11.3. The molecule has 2 aromatic rings. The van der Waals surface area contributed by atoms with Crippen LogP contribution in [-0.4, -0.2) is 16.4 Å². The fraction of sp³-hybridized carbons (Fsp3) is 0. The van der Waals surface area contributed by atoms with E-state index in [1.165, 1.54) is 0 Å². The highest BCUT2D eigenvalue weighted by Crippen LogP contribution is 2.32. The van der Waals surface area contributed by atoms with Gasteiger partial charge >= 0.3 is 0 Å².